The van der Waals surface area contributed by atoms with Crippen LogP contribution in [-0.4, -0.2) is 36.1 Å². The fourth-order valence-corrected chi connectivity index (χ4v) is 4.01. The van der Waals surface area contributed by atoms with Gasteiger partial charge in [0, 0.05) is 31.2 Å². The average Bonchev–Trinajstić information content (AvgIpc) is 2.97. The summed E-state index contributed by atoms with van der Waals surface area (Å²) in [6.07, 6.45) is 8.06. The van der Waals surface area contributed by atoms with E-state index in [4.69, 9.17) is 0 Å². The van der Waals surface area contributed by atoms with Crippen LogP contribution in [0.3, 0.4) is 0 Å². The van der Waals surface area contributed by atoms with E-state index in [1.54, 1.807) is 0 Å². The summed E-state index contributed by atoms with van der Waals surface area (Å²) in [7, 11) is 0. The Morgan fingerprint density at radius 2 is 1.95 bits per heavy atom. The summed E-state index contributed by atoms with van der Waals surface area (Å²) in [5.41, 5.74) is 1.95. The second-order valence-corrected chi connectivity index (χ2v) is 6.60. The lowest BCUT2D eigenvalue weighted by molar-refractivity contribution is 0.0432. The number of nitrogens with zero attached hydrogens (tertiary/aromatic N) is 1. The molecule has 2 aliphatic rings. The van der Waals surface area contributed by atoms with Crippen LogP contribution >= 0.6 is 0 Å². The summed E-state index contributed by atoms with van der Waals surface area (Å²) in [4.78, 5) is 2.82. The number of hydrogen-bond donors (Lipinski definition) is 1. The molecule has 1 saturated carbocycles. The van der Waals surface area contributed by atoms with E-state index in [1.807, 2.05) is 0 Å². The van der Waals surface area contributed by atoms with Crippen LogP contribution in [0.1, 0.15) is 44.6 Å². The summed E-state index contributed by atoms with van der Waals surface area (Å²) < 4.78 is 0. The molecule has 2 fully saturated rings. The van der Waals surface area contributed by atoms with Gasteiger partial charge in [0.05, 0.1) is 0 Å². The molecule has 0 amide bonds. The van der Waals surface area contributed by atoms with E-state index in [2.05, 4.69) is 47.5 Å². The molecule has 1 aromatic carbocycles. The normalized spacial score (nSPS) is 26.1. The lowest BCUT2D eigenvalue weighted by atomic mass is 9.90. The fourth-order valence-electron chi connectivity index (χ4n) is 4.01. The first-order valence-electron chi connectivity index (χ1n) is 8.35. The van der Waals surface area contributed by atoms with Gasteiger partial charge in [-0.1, -0.05) is 50.1 Å². The summed E-state index contributed by atoms with van der Waals surface area (Å²) in [6.45, 7) is 5.98. The largest absolute Gasteiger partial charge is 0.311 e. The molecule has 0 bridgehead atoms. The first kappa shape index (κ1) is 14.1. The number of piperazine rings is 1. The molecule has 1 spiro atoms. The molecular formula is C18H28N2. The SMILES string of the molecule is CCC1CN(CCc2ccccc2)C2(CCCC2)CN1. The summed E-state index contributed by atoms with van der Waals surface area (Å²) in [6, 6.07) is 11.7. The van der Waals surface area contributed by atoms with Gasteiger partial charge in [0.25, 0.3) is 0 Å². The Morgan fingerprint density at radius 3 is 2.65 bits per heavy atom. The van der Waals surface area contributed by atoms with Crippen LogP contribution in [0.2, 0.25) is 0 Å². The lowest BCUT2D eigenvalue weighted by Gasteiger charge is -2.48. The molecule has 1 unspecified atom stereocenters. The first-order valence-corrected chi connectivity index (χ1v) is 8.35. The van der Waals surface area contributed by atoms with Crippen LogP contribution in [0.15, 0.2) is 30.3 Å². The molecule has 1 aliphatic heterocycles. The highest BCUT2D eigenvalue weighted by atomic mass is 15.3. The van der Waals surface area contributed by atoms with Gasteiger partial charge in [-0.05, 0) is 31.2 Å². The van der Waals surface area contributed by atoms with Gasteiger partial charge in [-0.25, -0.2) is 0 Å². The highest BCUT2D eigenvalue weighted by Gasteiger charge is 2.42. The van der Waals surface area contributed by atoms with E-state index in [-0.39, 0.29) is 0 Å². The molecular weight excluding hydrogens is 244 g/mol. The van der Waals surface area contributed by atoms with Crippen LogP contribution in [0, 0.1) is 0 Å². The molecule has 0 aromatic heterocycles. The Bertz CT molecular complexity index is 409. The summed E-state index contributed by atoms with van der Waals surface area (Å²) >= 11 is 0. The van der Waals surface area contributed by atoms with Gasteiger partial charge in [0.1, 0.15) is 0 Å². The Morgan fingerprint density at radius 1 is 1.20 bits per heavy atom. The van der Waals surface area contributed by atoms with E-state index in [0.29, 0.717) is 11.6 Å². The minimum Gasteiger partial charge on any atom is -0.311 e. The van der Waals surface area contributed by atoms with E-state index < -0.39 is 0 Å². The maximum absolute atomic E-state index is 3.79. The van der Waals surface area contributed by atoms with E-state index in [1.165, 1.54) is 63.7 Å². The van der Waals surface area contributed by atoms with Crippen molar-refractivity contribution in [1.29, 1.82) is 0 Å². The monoisotopic (exact) mass is 272 g/mol. The lowest BCUT2D eigenvalue weighted by Crippen LogP contribution is -2.63. The van der Waals surface area contributed by atoms with Crippen molar-refractivity contribution in [2.24, 2.45) is 0 Å². The van der Waals surface area contributed by atoms with Gasteiger partial charge in [-0.2, -0.15) is 0 Å². The smallest absolute Gasteiger partial charge is 0.0334 e. The van der Waals surface area contributed by atoms with Crippen molar-refractivity contribution < 1.29 is 0 Å². The second-order valence-electron chi connectivity index (χ2n) is 6.60. The van der Waals surface area contributed by atoms with Gasteiger partial charge in [-0.15, -0.1) is 0 Å². The van der Waals surface area contributed by atoms with E-state index in [9.17, 15) is 0 Å². The van der Waals surface area contributed by atoms with Crippen LogP contribution in [0.4, 0.5) is 0 Å². The maximum Gasteiger partial charge on any atom is 0.0334 e. The summed E-state index contributed by atoms with van der Waals surface area (Å²) in [5.74, 6) is 0. The van der Waals surface area contributed by atoms with Crippen molar-refractivity contribution in [2.75, 3.05) is 19.6 Å². The molecule has 0 radical (unpaired) electrons. The second kappa shape index (κ2) is 6.28. The van der Waals surface area contributed by atoms with Crippen molar-refractivity contribution >= 4 is 0 Å². The standard InChI is InChI=1S/C18H28N2/c1-2-17-14-20(13-10-16-8-4-3-5-9-16)18(15-19-17)11-6-7-12-18/h3-5,8-9,17,19H,2,6-7,10-15H2,1H3. The zero-order valence-electron chi connectivity index (χ0n) is 12.8. The van der Waals surface area contributed by atoms with Crippen LogP contribution in [0.25, 0.3) is 0 Å². The van der Waals surface area contributed by atoms with Gasteiger partial charge in [0.15, 0.2) is 0 Å². The Kier molecular flexibility index (Phi) is 4.42. The third-order valence-electron chi connectivity index (χ3n) is 5.37. The van der Waals surface area contributed by atoms with Gasteiger partial charge in [0.2, 0.25) is 0 Å². The topological polar surface area (TPSA) is 15.3 Å². The number of nitrogens with one attached hydrogen (secondary N) is 1. The molecule has 1 heterocycles. The Balaban J connectivity index is 1.66. The van der Waals surface area contributed by atoms with Crippen molar-refractivity contribution in [1.82, 2.24) is 10.2 Å². The van der Waals surface area contributed by atoms with E-state index >= 15 is 0 Å². The van der Waals surface area contributed by atoms with Crippen molar-refractivity contribution in [3.05, 3.63) is 35.9 Å². The predicted molar refractivity (Wildman–Crippen MR) is 85.0 cm³/mol. The molecule has 1 saturated heterocycles. The highest BCUT2D eigenvalue weighted by molar-refractivity contribution is 5.15. The third kappa shape index (κ3) is 2.91. The van der Waals surface area contributed by atoms with Crippen LogP contribution in [-0.2, 0) is 6.42 Å². The summed E-state index contributed by atoms with van der Waals surface area (Å²) in [5, 5.41) is 3.79. The van der Waals surface area contributed by atoms with Crippen LogP contribution in [0.5, 0.6) is 0 Å². The molecule has 2 nitrogen and oxygen atoms in total. The minimum atomic E-state index is 0.473. The van der Waals surface area contributed by atoms with Gasteiger partial charge >= 0.3 is 0 Å². The zero-order chi connectivity index (χ0) is 13.8. The quantitative estimate of drug-likeness (QED) is 0.905. The van der Waals surface area contributed by atoms with Crippen molar-refractivity contribution in [2.45, 2.75) is 57.0 Å². The fraction of sp³-hybridized carbons (Fsp3) is 0.667. The maximum atomic E-state index is 3.79. The average molecular weight is 272 g/mol. The van der Waals surface area contributed by atoms with Gasteiger partial charge < -0.3 is 5.32 Å². The molecule has 2 heteroatoms. The number of rotatable bonds is 4. The predicted octanol–water partition coefficient (Wildman–Crippen LogP) is 3.23. The molecule has 1 N–H and O–H groups in total. The first-order chi connectivity index (χ1) is 9.82. The third-order valence-corrected chi connectivity index (χ3v) is 5.37. The number of hydrogen-bond acceptors (Lipinski definition) is 2. The Labute approximate surface area is 123 Å². The zero-order valence-corrected chi connectivity index (χ0v) is 12.8. The molecule has 20 heavy (non-hydrogen) atoms. The molecule has 1 aromatic rings. The van der Waals surface area contributed by atoms with Crippen LogP contribution < -0.4 is 5.32 Å². The number of benzene rings is 1. The molecule has 1 atom stereocenters. The molecule has 110 valence electrons. The van der Waals surface area contributed by atoms with E-state index in [0.717, 1.165) is 0 Å². The Hall–Kier alpha value is -0.860. The van der Waals surface area contributed by atoms with Crippen molar-refractivity contribution in [3.63, 3.8) is 0 Å². The minimum absolute atomic E-state index is 0.473. The van der Waals surface area contributed by atoms with Crippen molar-refractivity contribution in [3.8, 4) is 0 Å². The van der Waals surface area contributed by atoms with Gasteiger partial charge in [-0.3, -0.25) is 4.90 Å². The highest BCUT2D eigenvalue weighted by Crippen LogP contribution is 2.37. The molecule has 3 rings (SSSR count). The molecule has 1 aliphatic carbocycles.